The molecule has 0 spiro atoms. The number of carbonyl (C=O) groups excluding carboxylic acids is 3. The normalized spacial score (nSPS) is 12.1. The summed E-state index contributed by atoms with van der Waals surface area (Å²) in [5.74, 6) is -0.720. The van der Waals surface area contributed by atoms with Crippen molar-refractivity contribution >= 4 is 32.0 Å². The van der Waals surface area contributed by atoms with Crippen LogP contribution in [0.25, 0.3) is 0 Å². The third-order valence-electron chi connectivity index (χ3n) is 4.60. The largest absolute Gasteiger partial charge is 0.496 e. The lowest BCUT2D eigenvalue weighted by molar-refractivity contribution is 0.100. The van der Waals surface area contributed by atoms with E-state index < -0.39 is 54.6 Å². The number of fused-ring (bicyclic) bond motifs is 2. The minimum absolute atomic E-state index is 0.121. The molecule has 0 saturated heterocycles. The third kappa shape index (κ3) is 5.62. The van der Waals surface area contributed by atoms with Crippen molar-refractivity contribution < 1.29 is 62.0 Å². The van der Waals surface area contributed by atoms with Crippen molar-refractivity contribution in [2.45, 2.75) is 6.92 Å². The molecule has 4 rings (SSSR count). The van der Waals surface area contributed by atoms with Crippen LogP contribution in [0.1, 0.15) is 43.6 Å². The lowest BCUT2D eigenvalue weighted by Gasteiger charge is -2.20. The van der Waals surface area contributed by atoms with E-state index in [9.17, 15) is 23.5 Å². The molecule has 2 aliphatic carbocycles. The Balaban J connectivity index is 0.000000322. The molecule has 2 aliphatic rings. The standard InChI is InChI=1S/C11H14O11P2.C9H8O2/c1-20-5-4-6(21-2)8(11(13)24(17,18)19)9(22-3)7(5)10(12)23(14,15)16;1-2-11-9-6-4-3-5-7(9)8(6)10/h4H,1-3H3,(H2,14,15,16)(H2,17,18,19);3-5H,2H2,1H3. The first-order valence-electron chi connectivity index (χ1n) is 9.58. The molecule has 0 saturated carbocycles. The van der Waals surface area contributed by atoms with Gasteiger partial charge in [0.25, 0.3) is 11.0 Å². The fourth-order valence-electron chi connectivity index (χ4n) is 3.11. The van der Waals surface area contributed by atoms with Crippen molar-refractivity contribution in [3.63, 3.8) is 0 Å². The molecule has 0 atom stereocenters. The highest BCUT2D eigenvalue weighted by Crippen LogP contribution is 2.51. The van der Waals surface area contributed by atoms with Crippen LogP contribution in [0, 0.1) is 0 Å². The maximum atomic E-state index is 12.0. The van der Waals surface area contributed by atoms with Gasteiger partial charge in [-0.05, 0) is 19.1 Å². The van der Waals surface area contributed by atoms with E-state index in [2.05, 4.69) is 0 Å². The van der Waals surface area contributed by atoms with Gasteiger partial charge in [0, 0.05) is 6.07 Å². The van der Waals surface area contributed by atoms with Crippen LogP contribution in [0.15, 0.2) is 24.3 Å². The second-order valence-corrected chi connectivity index (χ2v) is 9.70. The van der Waals surface area contributed by atoms with E-state index in [0.29, 0.717) is 6.61 Å². The molecule has 13 nitrogen and oxygen atoms in total. The van der Waals surface area contributed by atoms with Gasteiger partial charge >= 0.3 is 15.2 Å². The molecule has 0 aliphatic heterocycles. The average molecular weight is 532 g/mol. The Hall–Kier alpha value is -3.05. The van der Waals surface area contributed by atoms with Crippen molar-refractivity contribution in [2.24, 2.45) is 0 Å². The van der Waals surface area contributed by atoms with Gasteiger partial charge in [-0.2, -0.15) is 0 Å². The first kappa shape index (κ1) is 28.2. The zero-order chi connectivity index (χ0) is 26.7. The van der Waals surface area contributed by atoms with E-state index in [1.54, 1.807) is 12.1 Å². The van der Waals surface area contributed by atoms with Crippen LogP contribution in [0.2, 0.25) is 0 Å². The third-order valence-corrected chi connectivity index (χ3v) is 6.11. The van der Waals surface area contributed by atoms with Gasteiger partial charge in [0.2, 0.25) is 5.78 Å². The van der Waals surface area contributed by atoms with Gasteiger partial charge in [-0.15, -0.1) is 0 Å². The summed E-state index contributed by atoms with van der Waals surface area (Å²) < 4.78 is 42.3. The molecule has 15 heteroatoms. The van der Waals surface area contributed by atoms with E-state index >= 15 is 0 Å². The molecule has 0 amide bonds. The summed E-state index contributed by atoms with van der Waals surface area (Å²) in [4.78, 5) is 71.3. The summed E-state index contributed by atoms with van der Waals surface area (Å²) in [6.45, 7) is 2.54. The Bertz CT molecular complexity index is 1190. The summed E-state index contributed by atoms with van der Waals surface area (Å²) in [6.07, 6.45) is 0. The second kappa shape index (κ2) is 10.7. The zero-order valence-corrected chi connectivity index (χ0v) is 20.7. The Kier molecular flexibility index (Phi) is 8.61. The fourth-order valence-corrected chi connectivity index (χ4v) is 4.12. The Morgan fingerprint density at radius 1 is 0.800 bits per heavy atom. The van der Waals surface area contributed by atoms with Gasteiger partial charge < -0.3 is 38.5 Å². The molecule has 2 aromatic rings. The highest BCUT2D eigenvalue weighted by molar-refractivity contribution is 7.71. The molecule has 0 unspecified atom stereocenters. The SMILES string of the molecule is CCOc1c2cccc1C2=O.COc1cc(OC)c(C(=O)P(=O)(O)O)c(OC)c1C(=O)P(=O)(O)O. The first-order valence-corrected chi connectivity index (χ1v) is 12.8. The number of para-hydroxylation sites is 1. The number of ether oxygens (including phenoxy) is 4. The van der Waals surface area contributed by atoms with Crippen LogP contribution in [0.5, 0.6) is 23.0 Å². The molecule has 0 fully saturated rings. The molecule has 0 heterocycles. The molecule has 0 radical (unpaired) electrons. The molecule has 2 aromatic carbocycles. The lowest BCUT2D eigenvalue weighted by atomic mass is 9.89. The van der Waals surface area contributed by atoms with Crippen LogP contribution >= 0.6 is 15.2 Å². The molecule has 35 heavy (non-hydrogen) atoms. The van der Waals surface area contributed by atoms with Crippen molar-refractivity contribution in [2.75, 3.05) is 27.9 Å². The number of hydrogen-bond donors (Lipinski definition) is 4. The topological polar surface area (TPSA) is 203 Å². The Morgan fingerprint density at radius 2 is 1.23 bits per heavy atom. The number of rotatable bonds is 9. The van der Waals surface area contributed by atoms with Crippen molar-refractivity contribution in [3.8, 4) is 23.0 Å². The quantitative estimate of drug-likeness (QED) is 0.292. The summed E-state index contributed by atoms with van der Waals surface area (Å²) in [5, 5.41) is 0. The number of methoxy groups -OCH3 is 3. The van der Waals surface area contributed by atoms with Crippen LogP contribution in [-0.2, 0) is 9.13 Å². The van der Waals surface area contributed by atoms with Gasteiger partial charge in [0.15, 0.2) is 0 Å². The van der Waals surface area contributed by atoms with Crippen molar-refractivity contribution in [3.05, 3.63) is 46.5 Å². The summed E-state index contributed by atoms with van der Waals surface area (Å²) in [5.41, 5.74) is -3.73. The van der Waals surface area contributed by atoms with Crippen LogP contribution < -0.4 is 18.9 Å². The Morgan fingerprint density at radius 3 is 1.51 bits per heavy atom. The van der Waals surface area contributed by atoms with Crippen LogP contribution in [-0.4, -0.2) is 64.3 Å². The predicted octanol–water partition coefficient (Wildman–Crippen LogP) is 1.98. The highest BCUT2D eigenvalue weighted by atomic mass is 31.2. The van der Waals surface area contributed by atoms with Crippen LogP contribution in [0.3, 0.4) is 0 Å². The summed E-state index contributed by atoms with van der Waals surface area (Å²) >= 11 is 0. The Labute approximate surface area is 198 Å². The molecule has 2 bridgehead atoms. The van der Waals surface area contributed by atoms with Crippen LogP contribution in [0.4, 0.5) is 0 Å². The van der Waals surface area contributed by atoms with Gasteiger partial charge in [-0.25, -0.2) is 0 Å². The maximum absolute atomic E-state index is 12.0. The summed E-state index contributed by atoms with van der Waals surface area (Å²) in [7, 11) is -7.58. The fraction of sp³-hybridized carbons (Fsp3) is 0.250. The van der Waals surface area contributed by atoms with Gasteiger partial charge in [0.05, 0.1) is 39.1 Å². The van der Waals surface area contributed by atoms with Crippen molar-refractivity contribution in [1.82, 2.24) is 0 Å². The minimum Gasteiger partial charge on any atom is -0.496 e. The number of benzene rings is 2. The second-order valence-electron chi connectivity index (χ2n) is 6.71. The van der Waals surface area contributed by atoms with E-state index in [4.69, 9.17) is 38.5 Å². The lowest BCUT2D eigenvalue weighted by Crippen LogP contribution is -2.17. The number of carbonyl (C=O) groups is 3. The van der Waals surface area contributed by atoms with E-state index in [1.807, 2.05) is 13.0 Å². The van der Waals surface area contributed by atoms with Gasteiger partial charge in [-0.1, -0.05) is 6.07 Å². The van der Waals surface area contributed by atoms with Gasteiger partial charge in [0.1, 0.15) is 34.1 Å². The van der Waals surface area contributed by atoms with Gasteiger partial charge in [-0.3, -0.25) is 23.5 Å². The van der Waals surface area contributed by atoms with E-state index in [0.717, 1.165) is 44.3 Å². The first-order chi connectivity index (χ1) is 16.2. The monoisotopic (exact) mass is 532 g/mol. The van der Waals surface area contributed by atoms with E-state index in [1.165, 1.54) is 0 Å². The van der Waals surface area contributed by atoms with Crippen molar-refractivity contribution in [1.29, 1.82) is 0 Å². The molecule has 0 aromatic heterocycles. The molecular formula is C20H22O13P2. The smallest absolute Gasteiger partial charge is 0.396 e. The minimum atomic E-state index is -5.32. The molecule has 190 valence electrons. The maximum Gasteiger partial charge on any atom is 0.396 e. The molecular weight excluding hydrogens is 510 g/mol. The number of ketones is 1. The zero-order valence-electron chi connectivity index (χ0n) is 18.9. The number of hydrogen-bond acceptors (Lipinski definition) is 9. The van der Waals surface area contributed by atoms with E-state index in [-0.39, 0.29) is 5.78 Å². The average Bonchev–Trinajstić information content (AvgIpc) is 2.81. The summed E-state index contributed by atoms with van der Waals surface area (Å²) in [6, 6.07) is 6.34. The molecule has 4 N–H and O–H groups in total. The predicted molar refractivity (Wildman–Crippen MR) is 120 cm³/mol. The highest BCUT2D eigenvalue weighted by Gasteiger charge is 2.40.